The van der Waals surface area contributed by atoms with Gasteiger partial charge >= 0.3 is 0 Å². The van der Waals surface area contributed by atoms with Crippen LogP contribution in [0.1, 0.15) is 12.8 Å². The number of hydrogen-bond donors (Lipinski definition) is 2. The number of aromatic nitrogens is 2. The van der Waals surface area contributed by atoms with Gasteiger partial charge in [0.2, 0.25) is 0 Å². The minimum Gasteiger partial charge on any atom is -0.382 e. The smallest absolute Gasteiger partial charge is 0.147 e. The molecule has 0 saturated carbocycles. The Bertz CT molecular complexity index is 552. The van der Waals surface area contributed by atoms with E-state index < -0.39 is 0 Å². The molecule has 3 heterocycles. The van der Waals surface area contributed by atoms with Gasteiger partial charge in [0.05, 0.1) is 5.56 Å². The first kappa shape index (κ1) is 13.3. The lowest BCUT2D eigenvalue weighted by Gasteiger charge is -2.22. The summed E-state index contributed by atoms with van der Waals surface area (Å²) in [6, 6.07) is 3.92. The first-order valence-electron chi connectivity index (χ1n) is 6.82. The van der Waals surface area contributed by atoms with Gasteiger partial charge in [0.1, 0.15) is 10.8 Å². The highest BCUT2D eigenvalue weighted by Gasteiger charge is 2.17. The number of ether oxygens (including phenoxy) is 1. The zero-order valence-electron chi connectivity index (χ0n) is 11.2. The molecule has 6 heteroatoms. The van der Waals surface area contributed by atoms with Crippen molar-refractivity contribution in [3.8, 4) is 11.1 Å². The van der Waals surface area contributed by atoms with Gasteiger partial charge in [0, 0.05) is 32.2 Å². The zero-order chi connectivity index (χ0) is 13.8. The van der Waals surface area contributed by atoms with Crippen LogP contribution in [0.25, 0.3) is 11.1 Å². The Morgan fingerprint density at radius 1 is 1.30 bits per heavy atom. The second-order valence-corrected chi connectivity index (χ2v) is 5.72. The van der Waals surface area contributed by atoms with Crippen LogP contribution in [0.5, 0.6) is 0 Å². The van der Waals surface area contributed by atoms with Crippen LogP contribution in [0, 0.1) is 5.92 Å². The van der Waals surface area contributed by atoms with Crippen molar-refractivity contribution in [1.29, 1.82) is 0 Å². The molecule has 3 rings (SSSR count). The van der Waals surface area contributed by atoms with Crippen molar-refractivity contribution in [2.24, 2.45) is 5.92 Å². The van der Waals surface area contributed by atoms with Gasteiger partial charge in [0.25, 0.3) is 0 Å². The number of hydrogen-bond acceptors (Lipinski definition) is 6. The van der Waals surface area contributed by atoms with Crippen LogP contribution >= 0.6 is 11.5 Å². The van der Waals surface area contributed by atoms with Crippen molar-refractivity contribution in [1.82, 2.24) is 9.36 Å². The molecule has 3 N–H and O–H groups in total. The lowest BCUT2D eigenvalue weighted by atomic mass is 10.0. The molecule has 20 heavy (non-hydrogen) atoms. The lowest BCUT2D eigenvalue weighted by Crippen LogP contribution is -2.22. The van der Waals surface area contributed by atoms with Crippen LogP contribution in [0.2, 0.25) is 0 Å². The molecular formula is C14H18N4OS. The van der Waals surface area contributed by atoms with Crippen LogP contribution < -0.4 is 11.1 Å². The molecule has 5 nitrogen and oxygen atoms in total. The van der Waals surface area contributed by atoms with E-state index in [-0.39, 0.29) is 0 Å². The Balaban J connectivity index is 1.74. The minimum atomic E-state index is 0.579. The van der Waals surface area contributed by atoms with Gasteiger partial charge in [-0.25, -0.2) is 0 Å². The molecule has 1 fully saturated rings. The van der Waals surface area contributed by atoms with Crippen molar-refractivity contribution in [2.45, 2.75) is 12.8 Å². The SMILES string of the molecule is Nc1nsc(NCC2CCOCC2)c1-c1ccncc1. The van der Waals surface area contributed by atoms with Crippen LogP contribution in [-0.2, 0) is 4.74 Å². The molecule has 0 atom stereocenters. The molecular weight excluding hydrogens is 272 g/mol. The van der Waals surface area contributed by atoms with Gasteiger partial charge < -0.3 is 15.8 Å². The number of anilines is 2. The highest BCUT2D eigenvalue weighted by molar-refractivity contribution is 7.11. The normalized spacial score (nSPS) is 16.2. The predicted octanol–water partition coefficient (Wildman–Crippen LogP) is 2.63. The number of nitrogens with one attached hydrogen (secondary N) is 1. The van der Waals surface area contributed by atoms with Crippen molar-refractivity contribution >= 4 is 22.4 Å². The van der Waals surface area contributed by atoms with Crippen LogP contribution in [0.15, 0.2) is 24.5 Å². The molecule has 106 valence electrons. The Morgan fingerprint density at radius 3 is 2.80 bits per heavy atom. The summed E-state index contributed by atoms with van der Waals surface area (Å²) >= 11 is 1.42. The second kappa shape index (κ2) is 6.19. The van der Waals surface area contributed by atoms with E-state index in [1.54, 1.807) is 12.4 Å². The molecule has 0 amide bonds. The third kappa shape index (κ3) is 2.91. The fraction of sp³-hybridized carbons (Fsp3) is 0.429. The van der Waals surface area contributed by atoms with Crippen LogP contribution in [0.4, 0.5) is 10.8 Å². The second-order valence-electron chi connectivity index (χ2n) is 4.94. The monoisotopic (exact) mass is 290 g/mol. The van der Waals surface area contributed by atoms with E-state index in [1.807, 2.05) is 12.1 Å². The van der Waals surface area contributed by atoms with E-state index in [9.17, 15) is 0 Å². The van der Waals surface area contributed by atoms with Crippen molar-refractivity contribution in [3.63, 3.8) is 0 Å². The topological polar surface area (TPSA) is 73.1 Å². The highest BCUT2D eigenvalue weighted by Crippen LogP contribution is 2.36. The molecule has 0 aromatic carbocycles. The predicted molar refractivity (Wildman–Crippen MR) is 81.8 cm³/mol. The Labute approximate surface area is 122 Å². The summed E-state index contributed by atoms with van der Waals surface area (Å²) in [6.07, 6.45) is 5.78. The van der Waals surface area contributed by atoms with Crippen molar-refractivity contribution < 1.29 is 4.74 Å². The summed E-state index contributed by atoms with van der Waals surface area (Å²) in [5.41, 5.74) is 8.05. The third-order valence-corrected chi connectivity index (χ3v) is 4.40. The summed E-state index contributed by atoms with van der Waals surface area (Å²) in [5.74, 6) is 1.24. The standard InChI is InChI=1S/C14H18N4OS/c15-13-12(11-1-5-16-6-2-11)14(20-18-13)17-9-10-3-7-19-8-4-10/h1-2,5-6,10,17H,3-4,7-9H2,(H2,15,18). The first-order chi connectivity index (χ1) is 9.84. The molecule has 1 aliphatic heterocycles. The van der Waals surface area contributed by atoms with E-state index in [1.165, 1.54) is 11.5 Å². The molecule has 1 aliphatic rings. The summed E-state index contributed by atoms with van der Waals surface area (Å²) in [7, 11) is 0. The maximum Gasteiger partial charge on any atom is 0.147 e. The first-order valence-corrected chi connectivity index (χ1v) is 7.59. The van der Waals surface area contributed by atoms with E-state index in [4.69, 9.17) is 10.5 Å². The van der Waals surface area contributed by atoms with E-state index in [0.717, 1.165) is 48.7 Å². The van der Waals surface area contributed by atoms with Gasteiger partial charge in [-0.2, -0.15) is 4.37 Å². The Hall–Kier alpha value is -1.66. The molecule has 1 saturated heterocycles. The van der Waals surface area contributed by atoms with E-state index >= 15 is 0 Å². The van der Waals surface area contributed by atoms with E-state index in [0.29, 0.717) is 11.7 Å². The Kier molecular flexibility index (Phi) is 4.13. The lowest BCUT2D eigenvalue weighted by molar-refractivity contribution is 0.0699. The summed E-state index contributed by atoms with van der Waals surface area (Å²) < 4.78 is 9.65. The van der Waals surface area contributed by atoms with E-state index in [2.05, 4.69) is 14.7 Å². The largest absolute Gasteiger partial charge is 0.382 e. The van der Waals surface area contributed by atoms with Gasteiger partial charge in [-0.1, -0.05) is 0 Å². The fourth-order valence-corrected chi connectivity index (χ4v) is 3.15. The fourth-order valence-electron chi connectivity index (χ4n) is 2.41. The molecule has 0 aliphatic carbocycles. The molecule has 2 aromatic heterocycles. The van der Waals surface area contributed by atoms with Gasteiger partial charge in [-0.15, -0.1) is 0 Å². The summed E-state index contributed by atoms with van der Waals surface area (Å²) in [5, 5.41) is 4.54. The van der Waals surface area contributed by atoms with Crippen molar-refractivity contribution in [3.05, 3.63) is 24.5 Å². The average Bonchev–Trinajstić information content (AvgIpc) is 2.88. The number of nitrogen functional groups attached to an aromatic ring is 1. The van der Waals surface area contributed by atoms with Crippen molar-refractivity contribution in [2.75, 3.05) is 30.8 Å². The zero-order valence-corrected chi connectivity index (χ0v) is 12.0. The van der Waals surface area contributed by atoms with Crippen LogP contribution in [0.3, 0.4) is 0 Å². The maximum atomic E-state index is 6.00. The number of rotatable bonds is 4. The van der Waals surface area contributed by atoms with Crippen LogP contribution in [-0.4, -0.2) is 29.1 Å². The summed E-state index contributed by atoms with van der Waals surface area (Å²) in [6.45, 7) is 2.69. The molecule has 0 spiro atoms. The quantitative estimate of drug-likeness (QED) is 0.905. The average molecular weight is 290 g/mol. The molecule has 0 unspecified atom stereocenters. The third-order valence-electron chi connectivity index (χ3n) is 3.58. The highest BCUT2D eigenvalue weighted by atomic mass is 32.1. The van der Waals surface area contributed by atoms with Gasteiger partial charge in [-0.05, 0) is 48.0 Å². The minimum absolute atomic E-state index is 0.579. The van der Waals surface area contributed by atoms with Gasteiger partial charge in [-0.3, -0.25) is 4.98 Å². The maximum absolute atomic E-state index is 6.00. The molecule has 2 aromatic rings. The number of pyridine rings is 1. The molecule has 0 radical (unpaired) electrons. The summed E-state index contributed by atoms with van der Waals surface area (Å²) in [4.78, 5) is 4.04. The number of nitrogens with zero attached hydrogens (tertiary/aromatic N) is 2. The Morgan fingerprint density at radius 2 is 2.05 bits per heavy atom. The molecule has 0 bridgehead atoms. The number of nitrogens with two attached hydrogens (primary N) is 1. The van der Waals surface area contributed by atoms with Gasteiger partial charge in [0.15, 0.2) is 0 Å².